The molecular formula is C10H20N4. The lowest BCUT2D eigenvalue weighted by Gasteiger charge is -2.08. The van der Waals surface area contributed by atoms with Crippen LogP contribution in [0.3, 0.4) is 0 Å². The van der Waals surface area contributed by atoms with E-state index in [-0.39, 0.29) is 0 Å². The fraction of sp³-hybridized carbons (Fsp3) is 0.700. The monoisotopic (exact) mass is 196 g/mol. The van der Waals surface area contributed by atoms with Gasteiger partial charge in [-0.2, -0.15) is 5.10 Å². The van der Waals surface area contributed by atoms with E-state index in [2.05, 4.69) is 29.6 Å². The molecule has 0 aliphatic heterocycles. The van der Waals surface area contributed by atoms with Crippen molar-refractivity contribution < 1.29 is 0 Å². The third-order valence-corrected chi connectivity index (χ3v) is 1.93. The van der Waals surface area contributed by atoms with Gasteiger partial charge in [-0.05, 0) is 6.07 Å². The molecule has 0 saturated carbocycles. The maximum atomic E-state index is 4.12. The molecule has 0 aromatic carbocycles. The van der Waals surface area contributed by atoms with Crippen LogP contribution in [0.4, 0.5) is 0 Å². The largest absolute Gasteiger partial charge is 0.314 e. The topological polar surface area (TPSA) is 41.9 Å². The van der Waals surface area contributed by atoms with Gasteiger partial charge in [-0.15, -0.1) is 0 Å². The summed E-state index contributed by atoms with van der Waals surface area (Å²) in [6.07, 6.45) is 3.79. The molecule has 0 spiro atoms. The lowest BCUT2D eigenvalue weighted by Crippen LogP contribution is -2.32. The number of hydrogen-bond donors (Lipinski definition) is 2. The molecule has 0 amide bonds. The van der Waals surface area contributed by atoms with Crippen molar-refractivity contribution in [2.75, 3.05) is 19.6 Å². The van der Waals surface area contributed by atoms with Gasteiger partial charge in [0, 0.05) is 38.1 Å². The van der Waals surface area contributed by atoms with Gasteiger partial charge in [-0.25, -0.2) is 0 Å². The third kappa shape index (κ3) is 4.99. The van der Waals surface area contributed by atoms with Crippen LogP contribution >= 0.6 is 0 Å². The van der Waals surface area contributed by atoms with Crippen LogP contribution in [0.2, 0.25) is 0 Å². The molecule has 80 valence electrons. The van der Waals surface area contributed by atoms with E-state index in [1.807, 2.05) is 16.9 Å². The quantitative estimate of drug-likeness (QED) is 0.623. The number of hydrogen-bond acceptors (Lipinski definition) is 3. The Hall–Kier alpha value is -0.870. The first-order valence-electron chi connectivity index (χ1n) is 5.20. The zero-order valence-electron chi connectivity index (χ0n) is 9.03. The highest BCUT2D eigenvalue weighted by atomic mass is 15.3. The van der Waals surface area contributed by atoms with E-state index in [1.165, 1.54) is 0 Å². The minimum absolute atomic E-state index is 0.572. The van der Waals surface area contributed by atoms with Gasteiger partial charge in [0.15, 0.2) is 0 Å². The summed E-state index contributed by atoms with van der Waals surface area (Å²) in [7, 11) is 0. The Balaban J connectivity index is 1.90. The van der Waals surface area contributed by atoms with Gasteiger partial charge in [0.25, 0.3) is 0 Å². The molecule has 0 bridgehead atoms. The molecule has 4 heteroatoms. The van der Waals surface area contributed by atoms with E-state index in [4.69, 9.17) is 0 Å². The predicted molar refractivity (Wildman–Crippen MR) is 58.2 cm³/mol. The Morgan fingerprint density at radius 2 is 2.14 bits per heavy atom. The summed E-state index contributed by atoms with van der Waals surface area (Å²) in [6, 6.07) is 2.52. The highest BCUT2D eigenvalue weighted by Crippen LogP contribution is 1.82. The predicted octanol–water partition coefficient (Wildman–Crippen LogP) is 0.471. The normalized spacial score (nSPS) is 11.1. The molecule has 0 aliphatic rings. The molecule has 0 unspecified atom stereocenters. The summed E-state index contributed by atoms with van der Waals surface area (Å²) < 4.78 is 1.93. The lowest BCUT2D eigenvalue weighted by atomic mass is 10.4. The number of nitrogens with zero attached hydrogens (tertiary/aromatic N) is 2. The van der Waals surface area contributed by atoms with Gasteiger partial charge < -0.3 is 10.6 Å². The van der Waals surface area contributed by atoms with E-state index in [0.717, 1.165) is 26.2 Å². The van der Waals surface area contributed by atoms with Crippen LogP contribution in [0, 0.1) is 0 Å². The van der Waals surface area contributed by atoms with Crippen molar-refractivity contribution in [3.05, 3.63) is 18.5 Å². The van der Waals surface area contributed by atoms with Crippen molar-refractivity contribution in [3.63, 3.8) is 0 Å². The second kappa shape index (κ2) is 6.56. The average Bonchev–Trinajstić information content (AvgIpc) is 2.63. The van der Waals surface area contributed by atoms with E-state index in [0.29, 0.717) is 6.04 Å². The molecule has 1 aromatic rings. The lowest BCUT2D eigenvalue weighted by molar-refractivity contribution is 0.522. The highest BCUT2D eigenvalue weighted by Gasteiger charge is 1.92. The molecule has 0 saturated heterocycles. The average molecular weight is 196 g/mol. The summed E-state index contributed by atoms with van der Waals surface area (Å²) in [5, 5.41) is 10.8. The van der Waals surface area contributed by atoms with E-state index in [9.17, 15) is 0 Å². The molecule has 1 aromatic heterocycles. The number of rotatable bonds is 7. The Bertz CT molecular complexity index is 218. The van der Waals surface area contributed by atoms with Crippen LogP contribution in [0.1, 0.15) is 13.8 Å². The molecular weight excluding hydrogens is 176 g/mol. The van der Waals surface area contributed by atoms with Crippen molar-refractivity contribution >= 4 is 0 Å². The van der Waals surface area contributed by atoms with Crippen LogP contribution in [-0.2, 0) is 6.54 Å². The first kappa shape index (κ1) is 11.2. The van der Waals surface area contributed by atoms with Gasteiger partial charge >= 0.3 is 0 Å². The summed E-state index contributed by atoms with van der Waals surface area (Å²) in [5.74, 6) is 0. The number of nitrogens with one attached hydrogen (secondary N) is 2. The third-order valence-electron chi connectivity index (χ3n) is 1.93. The van der Waals surface area contributed by atoms with E-state index >= 15 is 0 Å². The maximum absolute atomic E-state index is 4.12. The fourth-order valence-corrected chi connectivity index (χ4v) is 1.20. The zero-order valence-corrected chi connectivity index (χ0v) is 9.03. The van der Waals surface area contributed by atoms with Crippen molar-refractivity contribution in [1.82, 2.24) is 20.4 Å². The summed E-state index contributed by atoms with van der Waals surface area (Å²) in [5.41, 5.74) is 0. The molecule has 1 heterocycles. The first-order valence-corrected chi connectivity index (χ1v) is 5.20. The Labute approximate surface area is 85.7 Å². The summed E-state index contributed by atoms with van der Waals surface area (Å²) in [6.45, 7) is 8.26. The Morgan fingerprint density at radius 1 is 1.29 bits per heavy atom. The van der Waals surface area contributed by atoms with Gasteiger partial charge in [-0.1, -0.05) is 13.8 Å². The van der Waals surface area contributed by atoms with Gasteiger partial charge in [0.05, 0.1) is 6.54 Å². The summed E-state index contributed by atoms with van der Waals surface area (Å²) in [4.78, 5) is 0. The molecule has 0 fully saturated rings. The van der Waals surface area contributed by atoms with E-state index < -0.39 is 0 Å². The van der Waals surface area contributed by atoms with Crippen molar-refractivity contribution in [2.45, 2.75) is 26.4 Å². The van der Waals surface area contributed by atoms with Gasteiger partial charge in [0.1, 0.15) is 0 Å². The molecule has 1 rings (SSSR count). The van der Waals surface area contributed by atoms with Crippen LogP contribution in [-0.4, -0.2) is 35.5 Å². The minimum Gasteiger partial charge on any atom is -0.314 e. The zero-order chi connectivity index (χ0) is 10.2. The number of aromatic nitrogens is 2. The van der Waals surface area contributed by atoms with Crippen LogP contribution in [0.25, 0.3) is 0 Å². The maximum Gasteiger partial charge on any atom is 0.0533 e. The van der Waals surface area contributed by atoms with Crippen molar-refractivity contribution in [3.8, 4) is 0 Å². The first-order chi connectivity index (χ1) is 6.79. The second-order valence-corrected chi connectivity index (χ2v) is 3.63. The van der Waals surface area contributed by atoms with Crippen LogP contribution < -0.4 is 10.6 Å². The van der Waals surface area contributed by atoms with Gasteiger partial charge in [0.2, 0.25) is 0 Å². The smallest absolute Gasteiger partial charge is 0.0533 e. The van der Waals surface area contributed by atoms with Crippen LogP contribution in [0.5, 0.6) is 0 Å². The van der Waals surface area contributed by atoms with Crippen molar-refractivity contribution in [2.24, 2.45) is 0 Å². The molecule has 0 aliphatic carbocycles. The van der Waals surface area contributed by atoms with Crippen LogP contribution in [0.15, 0.2) is 18.5 Å². The summed E-state index contributed by atoms with van der Waals surface area (Å²) >= 11 is 0. The Morgan fingerprint density at radius 3 is 2.79 bits per heavy atom. The molecule has 2 N–H and O–H groups in total. The molecule has 0 radical (unpaired) electrons. The molecule has 4 nitrogen and oxygen atoms in total. The van der Waals surface area contributed by atoms with E-state index in [1.54, 1.807) is 6.20 Å². The second-order valence-electron chi connectivity index (χ2n) is 3.63. The highest BCUT2D eigenvalue weighted by molar-refractivity contribution is 4.77. The standard InChI is InChI=1S/C10H20N4/c1-10(2)12-6-5-11-7-9-14-8-3-4-13-14/h3-4,8,10-12H,5-7,9H2,1-2H3. The van der Waals surface area contributed by atoms with Crippen molar-refractivity contribution in [1.29, 1.82) is 0 Å². The SMILES string of the molecule is CC(C)NCCNCCn1cccn1. The van der Waals surface area contributed by atoms with Gasteiger partial charge in [-0.3, -0.25) is 4.68 Å². The molecule has 0 atom stereocenters. The Kier molecular flexibility index (Phi) is 5.25. The molecule has 14 heavy (non-hydrogen) atoms. The fourth-order valence-electron chi connectivity index (χ4n) is 1.20. The minimum atomic E-state index is 0.572.